The Morgan fingerprint density at radius 3 is 2.72 bits per heavy atom. The van der Waals surface area contributed by atoms with E-state index in [1.165, 1.54) is 0 Å². The van der Waals surface area contributed by atoms with Gasteiger partial charge in [-0.1, -0.05) is 45.4 Å². The molecule has 3 nitrogen and oxygen atoms in total. The number of anilines is 1. The normalized spacial score (nSPS) is 20.1. The van der Waals surface area contributed by atoms with Crippen molar-refractivity contribution in [2.75, 3.05) is 18.0 Å². The fourth-order valence-corrected chi connectivity index (χ4v) is 2.42. The topological polar surface area (TPSA) is 32.3 Å². The number of fused-ring (bicyclic) bond motifs is 1. The molecule has 0 fully saturated rings. The lowest BCUT2D eigenvalue weighted by Crippen LogP contribution is -2.37. The van der Waals surface area contributed by atoms with Gasteiger partial charge in [-0.25, -0.2) is 0 Å². The molecule has 0 aromatic heterocycles. The predicted molar refractivity (Wildman–Crippen MR) is 74.7 cm³/mol. The molecule has 2 rings (SSSR count). The highest BCUT2D eigenvalue weighted by atomic mass is 16.2. The molecule has 0 bridgehead atoms. The lowest BCUT2D eigenvalue weighted by Gasteiger charge is -2.21. The van der Waals surface area contributed by atoms with E-state index >= 15 is 0 Å². The Labute approximate surface area is 109 Å². The van der Waals surface area contributed by atoms with Crippen LogP contribution in [0.2, 0.25) is 0 Å². The van der Waals surface area contributed by atoms with Crippen molar-refractivity contribution in [3.05, 3.63) is 29.8 Å². The zero-order chi connectivity index (χ0) is 13.1. The van der Waals surface area contributed by atoms with Crippen LogP contribution in [0.5, 0.6) is 0 Å². The lowest BCUT2D eigenvalue weighted by molar-refractivity contribution is -0.120. The van der Waals surface area contributed by atoms with Crippen LogP contribution in [0.15, 0.2) is 24.3 Å². The summed E-state index contributed by atoms with van der Waals surface area (Å²) >= 11 is 0. The van der Waals surface area contributed by atoms with Crippen molar-refractivity contribution in [1.29, 1.82) is 0 Å². The second-order valence-electron chi connectivity index (χ2n) is 5.01. The molecule has 18 heavy (non-hydrogen) atoms. The van der Waals surface area contributed by atoms with Crippen LogP contribution >= 0.6 is 0 Å². The molecule has 3 heteroatoms. The Balaban J connectivity index is 2.29. The molecule has 98 valence electrons. The van der Waals surface area contributed by atoms with Crippen LogP contribution in [-0.4, -0.2) is 19.0 Å². The van der Waals surface area contributed by atoms with Crippen molar-refractivity contribution in [2.45, 2.75) is 33.2 Å². The number of nitrogens with zero attached hydrogens (tertiary/aromatic N) is 1. The third-order valence-electron chi connectivity index (χ3n) is 3.65. The van der Waals surface area contributed by atoms with E-state index in [1.807, 2.05) is 30.0 Å². The fourth-order valence-electron chi connectivity index (χ4n) is 2.42. The molecule has 1 heterocycles. The van der Waals surface area contributed by atoms with Crippen molar-refractivity contribution in [3.8, 4) is 0 Å². The van der Waals surface area contributed by atoms with Crippen molar-refractivity contribution in [1.82, 2.24) is 5.32 Å². The number of likely N-dealkylation sites (N-methyl/N-ethyl adjacent to an activating group) is 1. The molecule has 0 radical (unpaired) electrons. The van der Waals surface area contributed by atoms with Crippen LogP contribution in [0.3, 0.4) is 0 Å². The van der Waals surface area contributed by atoms with Gasteiger partial charge in [-0.3, -0.25) is 4.79 Å². The molecule has 1 aliphatic rings. The van der Waals surface area contributed by atoms with E-state index in [-0.39, 0.29) is 11.9 Å². The summed E-state index contributed by atoms with van der Waals surface area (Å²) < 4.78 is 0. The molecule has 0 saturated carbocycles. The van der Waals surface area contributed by atoms with Gasteiger partial charge in [0.2, 0.25) is 5.91 Å². The number of carbonyl (C=O) groups excluding carboxylic acids is 1. The standard InChI is InChI=1S/C15H22N2O/c1-4-11(3)10-17-13-9-7-6-8-12(13)14(15(17)18)16-5-2/h6-9,11,14,16H,4-5,10H2,1-3H3. The van der Waals surface area contributed by atoms with Crippen LogP contribution in [-0.2, 0) is 4.79 Å². The minimum Gasteiger partial charge on any atom is -0.310 e. The number of benzene rings is 1. The maximum Gasteiger partial charge on any atom is 0.248 e. The van der Waals surface area contributed by atoms with E-state index in [9.17, 15) is 4.79 Å². The molecule has 0 spiro atoms. The molecule has 2 unspecified atom stereocenters. The molecule has 1 aliphatic heterocycles. The first-order valence-electron chi connectivity index (χ1n) is 6.82. The van der Waals surface area contributed by atoms with Gasteiger partial charge < -0.3 is 10.2 Å². The van der Waals surface area contributed by atoms with Gasteiger partial charge in [0.15, 0.2) is 0 Å². The molecule has 0 saturated heterocycles. The van der Waals surface area contributed by atoms with E-state index in [2.05, 4.69) is 25.2 Å². The first kappa shape index (κ1) is 13.1. The molecule has 0 aliphatic carbocycles. The number of para-hydroxylation sites is 1. The predicted octanol–water partition coefficient (Wildman–Crippen LogP) is 2.73. The smallest absolute Gasteiger partial charge is 0.248 e. The summed E-state index contributed by atoms with van der Waals surface area (Å²) in [6.07, 6.45) is 1.10. The number of amides is 1. The molecule has 1 amide bonds. The molecule has 1 aromatic rings. The summed E-state index contributed by atoms with van der Waals surface area (Å²) in [6.45, 7) is 8.01. The third-order valence-corrected chi connectivity index (χ3v) is 3.65. The summed E-state index contributed by atoms with van der Waals surface area (Å²) in [5, 5.41) is 3.28. The van der Waals surface area contributed by atoms with E-state index in [0.717, 1.165) is 30.8 Å². The van der Waals surface area contributed by atoms with Crippen molar-refractivity contribution >= 4 is 11.6 Å². The molecule has 1 N–H and O–H groups in total. The van der Waals surface area contributed by atoms with Crippen molar-refractivity contribution in [3.63, 3.8) is 0 Å². The van der Waals surface area contributed by atoms with Crippen LogP contribution in [0.1, 0.15) is 38.8 Å². The van der Waals surface area contributed by atoms with Gasteiger partial charge in [0.05, 0.1) is 0 Å². The Morgan fingerprint density at radius 2 is 2.06 bits per heavy atom. The average Bonchev–Trinajstić information content (AvgIpc) is 2.65. The average molecular weight is 246 g/mol. The van der Waals surface area contributed by atoms with E-state index < -0.39 is 0 Å². The van der Waals surface area contributed by atoms with Crippen LogP contribution in [0, 0.1) is 5.92 Å². The van der Waals surface area contributed by atoms with Gasteiger partial charge in [0.25, 0.3) is 0 Å². The zero-order valence-corrected chi connectivity index (χ0v) is 11.4. The van der Waals surface area contributed by atoms with Crippen LogP contribution in [0.4, 0.5) is 5.69 Å². The number of carbonyl (C=O) groups is 1. The van der Waals surface area contributed by atoms with Crippen molar-refractivity contribution < 1.29 is 4.79 Å². The Hall–Kier alpha value is -1.35. The zero-order valence-electron chi connectivity index (χ0n) is 11.4. The SMILES string of the molecule is CCNC1C(=O)N(CC(C)CC)c2ccccc21. The quantitative estimate of drug-likeness (QED) is 0.866. The number of hydrogen-bond acceptors (Lipinski definition) is 2. The second-order valence-corrected chi connectivity index (χ2v) is 5.01. The van der Waals surface area contributed by atoms with Gasteiger partial charge in [-0.05, 0) is 18.5 Å². The van der Waals surface area contributed by atoms with Gasteiger partial charge in [0, 0.05) is 17.8 Å². The summed E-state index contributed by atoms with van der Waals surface area (Å²) in [7, 11) is 0. The Bertz CT molecular complexity index is 430. The monoisotopic (exact) mass is 246 g/mol. The number of rotatable bonds is 5. The van der Waals surface area contributed by atoms with Crippen LogP contribution < -0.4 is 10.2 Å². The van der Waals surface area contributed by atoms with Gasteiger partial charge in [-0.2, -0.15) is 0 Å². The summed E-state index contributed by atoms with van der Waals surface area (Å²) in [6, 6.07) is 7.95. The summed E-state index contributed by atoms with van der Waals surface area (Å²) in [5.74, 6) is 0.723. The minimum atomic E-state index is -0.157. The number of nitrogens with one attached hydrogen (secondary N) is 1. The highest BCUT2D eigenvalue weighted by molar-refractivity contribution is 6.04. The largest absolute Gasteiger partial charge is 0.310 e. The fraction of sp³-hybridized carbons (Fsp3) is 0.533. The highest BCUT2D eigenvalue weighted by Gasteiger charge is 2.36. The van der Waals surface area contributed by atoms with E-state index in [4.69, 9.17) is 0 Å². The van der Waals surface area contributed by atoms with Crippen molar-refractivity contribution in [2.24, 2.45) is 5.92 Å². The molecule has 2 atom stereocenters. The first-order valence-corrected chi connectivity index (χ1v) is 6.82. The minimum absolute atomic E-state index is 0.157. The molecule has 1 aromatic carbocycles. The first-order chi connectivity index (χ1) is 8.69. The Morgan fingerprint density at radius 1 is 1.33 bits per heavy atom. The van der Waals surface area contributed by atoms with Crippen LogP contribution in [0.25, 0.3) is 0 Å². The molecular weight excluding hydrogens is 224 g/mol. The summed E-state index contributed by atoms with van der Waals surface area (Å²) in [4.78, 5) is 14.4. The summed E-state index contributed by atoms with van der Waals surface area (Å²) in [5.41, 5.74) is 2.20. The van der Waals surface area contributed by atoms with Gasteiger partial charge in [-0.15, -0.1) is 0 Å². The maximum atomic E-state index is 12.5. The maximum absolute atomic E-state index is 12.5. The lowest BCUT2D eigenvalue weighted by atomic mass is 10.1. The highest BCUT2D eigenvalue weighted by Crippen LogP contribution is 2.36. The number of hydrogen-bond donors (Lipinski definition) is 1. The third kappa shape index (κ3) is 2.27. The van der Waals surface area contributed by atoms with Gasteiger partial charge >= 0.3 is 0 Å². The van der Waals surface area contributed by atoms with E-state index in [0.29, 0.717) is 5.92 Å². The van der Waals surface area contributed by atoms with Gasteiger partial charge in [0.1, 0.15) is 6.04 Å². The Kier molecular flexibility index (Phi) is 4.02. The van der Waals surface area contributed by atoms with E-state index in [1.54, 1.807) is 0 Å². The second kappa shape index (κ2) is 5.53. The molecular formula is C15H22N2O.